The molecule has 0 radical (unpaired) electrons. The van der Waals surface area contributed by atoms with Crippen LogP contribution in [0.1, 0.15) is 17.5 Å². The third-order valence-corrected chi connectivity index (χ3v) is 3.75. The molecule has 0 unspecified atom stereocenters. The maximum atomic E-state index is 12.2. The minimum atomic E-state index is -0.350. The molecule has 1 fully saturated rings. The Morgan fingerprint density at radius 3 is 2.59 bits per heavy atom. The Kier molecular flexibility index (Phi) is 3.62. The van der Waals surface area contributed by atoms with E-state index < -0.39 is 0 Å². The van der Waals surface area contributed by atoms with Gasteiger partial charge in [0.05, 0.1) is 17.5 Å². The molecule has 114 valence electrons. The molecule has 1 saturated heterocycles. The molecule has 2 amide bonds. The van der Waals surface area contributed by atoms with Gasteiger partial charge in [0.15, 0.2) is 5.76 Å². The van der Waals surface area contributed by atoms with Gasteiger partial charge in [-0.3, -0.25) is 9.59 Å². The van der Waals surface area contributed by atoms with Gasteiger partial charge in [-0.15, -0.1) is 0 Å². The lowest BCUT2D eigenvalue weighted by molar-refractivity contribution is -0.114. The fourth-order valence-electron chi connectivity index (χ4n) is 2.36. The van der Waals surface area contributed by atoms with Crippen LogP contribution in [0.25, 0.3) is 0 Å². The highest BCUT2D eigenvalue weighted by Gasteiger charge is 2.27. The molecule has 0 atom stereocenters. The second-order valence-electron chi connectivity index (χ2n) is 5.15. The maximum Gasteiger partial charge on any atom is 0.289 e. The molecule has 3 heterocycles. The number of guanidine groups is 1. The van der Waals surface area contributed by atoms with Crippen LogP contribution in [-0.4, -0.2) is 59.5 Å². The number of rotatable bonds is 1. The Morgan fingerprint density at radius 2 is 2.00 bits per heavy atom. The average Bonchev–Trinajstić information content (AvgIpc) is 3.06. The number of piperazine rings is 1. The summed E-state index contributed by atoms with van der Waals surface area (Å²) in [6.45, 7) is 7.59. The van der Waals surface area contributed by atoms with E-state index in [2.05, 4.69) is 16.6 Å². The SMILES string of the molecule is C=C1C(=O)N=C(N2CCN(C(=O)c3ccco3)CC2)N=C1C. The smallest absolute Gasteiger partial charge is 0.289 e. The van der Waals surface area contributed by atoms with Gasteiger partial charge in [-0.25, -0.2) is 4.99 Å². The van der Waals surface area contributed by atoms with Crippen molar-refractivity contribution in [2.75, 3.05) is 26.2 Å². The highest BCUT2D eigenvalue weighted by molar-refractivity contribution is 6.27. The standard InChI is InChI=1S/C15H16N4O3/c1-10-11(2)16-15(17-13(10)20)19-7-5-18(6-8-19)14(21)12-4-3-9-22-12/h3-4,9H,1,5-8H2,2H3. The molecule has 0 spiro atoms. The summed E-state index contributed by atoms with van der Waals surface area (Å²) in [6, 6.07) is 3.34. The highest BCUT2D eigenvalue weighted by Crippen LogP contribution is 2.13. The lowest BCUT2D eigenvalue weighted by Crippen LogP contribution is -2.50. The van der Waals surface area contributed by atoms with Gasteiger partial charge < -0.3 is 14.2 Å². The molecule has 3 rings (SSSR count). The minimum Gasteiger partial charge on any atom is -0.459 e. The van der Waals surface area contributed by atoms with E-state index in [0.29, 0.717) is 49.2 Å². The number of hydrogen-bond donors (Lipinski definition) is 0. The number of nitrogens with zero attached hydrogens (tertiary/aromatic N) is 4. The van der Waals surface area contributed by atoms with Crippen molar-refractivity contribution in [1.82, 2.24) is 9.80 Å². The largest absolute Gasteiger partial charge is 0.459 e. The van der Waals surface area contributed by atoms with Crippen molar-refractivity contribution in [2.24, 2.45) is 9.98 Å². The fourth-order valence-corrected chi connectivity index (χ4v) is 2.36. The van der Waals surface area contributed by atoms with Crippen LogP contribution in [0.2, 0.25) is 0 Å². The first-order valence-corrected chi connectivity index (χ1v) is 7.01. The minimum absolute atomic E-state index is 0.126. The van der Waals surface area contributed by atoms with Gasteiger partial charge in [0, 0.05) is 26.2 Å². The summed E-state index contributed by atoms with van der Waals surface area (Å²) < 4.78 is 5.13. The predicted octanol–water partition coefficient (Wildman–Crippen LogP) is 0.951. The van der Waals surface area contributed by atoms with Crippen molar-refractivity contribution in [3.63, 3.8) is 0 Å². The monoisotopic (exact) mass is 300 g/mol. The first-order chi connectivity index (χ1) is 10.6. The molecule has 1 aromatic heterocycles. The lowest BCUT2D eigenvalue weighted by Gasteiger charge is -2.35. The summed E-state index contributed by atoms with van der Waals surface area (Å²) in [6.07, 6.45) is 1.48. The summed E-state index contributed by atoms with van der Waals surface area (Å²) >= 11 is 0. The topological polar surface area (TPSA) is 78.5 Å². The third-order valence-electron chi connectivity index (χ3n) is 3.75. The van der Waals surface area contributed by atoms with Gasteiger partial charge in [0.2, 0.25) is 5.96 Å². The molecule has 2 aliphatic rings. The van der Waals surface area contributed by atoms with E-state index in [1.807, 2.05) is 4.90 Å². The lowest BCUT2D eigenvalue weighted by atomic mass is 10.2. The van der Waals surface area contributed by atoms with E-state index in [4.69, 9.17) is 4.42 Å². The van der Waals surface area contributed by atoms with Crippen molar-refractivity contribution in [3.8, 4) is 0 Å². The second-order valence-corrected chi connectivity index (χ2v) is 5.15. The zero-order valence-corrected chi connectivity index (χ0v) is 12.3. The van der Waals surface area contributed by atoms with E-state index in [9.17, 15) is 9.59 Å². The van der Waals surface area contributed by atoms with Crippen molar-refractivity contribution in [1.29, 1.82) is 0 Å². The molecular formula is C15H16N4O3. The highest BCUT2D eigenvalue weighted by atomic mass is 16.3. The summed E-state index contributed by atoms with van der Waals surface area (Å²) in [7, 11) is 0. The number of hydrogen-bond acceptors (Lipinski definition) is 5. The third kappa shape index (κ3) is 2.57. The van der Waals surface area contributed by atoms with Crippen LogP contribution in [-0.2, 0) is 4.79 Å². The van der Waals surface area contributed by atoms with Crippen LogP contribution in [0.5, 0.6) is 0 Å². The number of furan rings is 1. The van der Waals surface area contributed by atoms with Gasteiger partial charge in [-0.1, -0.05) is 6.58 Å². The zero-order valence-electron chi connectivity index (χ0n) is 12.3. The van der Waals surface area contributed by atoms with Crippen LogP contribution >= 0.6 is 0 Å². The quantitative estimate of drug-likeness (QED) is 0.723. The Labute approximate surface area is 127 Å². The first kappa shape index (κ1) is 14.2. The van der Waals surface area contributed by atoms with Crippen molar-refractivity contribution >= 4 is 23.5 Å². The Morgan fingerprint density at radius 1 is 1.27 bits per heavy atom. The molecule has 0 aliphatic carbocycles. The molecule has 0 saturated carbocycles. The van der Waals surface area contributed by atoms with Crippen LogP contribution in [0.15, 0.2) is 44.9 Å². The van der Waals surface area contributed by atoms with Crippen LogP contribution < -0.4 is 0 Å². The zero-order chi connectivity index (χ0) is 15.7. The molecular weight excluding hydrogens is 284 g/mol. The van der Waals surface area contributed by atoms with Crippen LogP contribution in [0.3, 0.4) is 0 Å². The van der Waals surface area contributed by atoms with Gasteiger partial charge >= 0.3 is 0 Å². The molecule has 7 heteroatoms. The Balaban J connectivity index is 1.65. The normalized spacial score (nSPS) is 19.1. The van der Waals surface area contributed by atoms with E-state index in [1.165, 1.54) is 6.26 Å². The predicted molar refractivity (Wildman–Crippen MR) is 80.9 cm³/mol. The second kappa shape index (κ2) is 5.59. The molecule has 22 heavy (non-hydrogen) atoms. The Hall–Kier alpha value is -2.70. The van der Waals surface area contributed by atoms with Gasteiger partial charge in [0.1, 0.15) is 0 Å². The van der Waals surface area contributed by atoms with E-state index in [-0.39, 0.29) is 11.8 Å². The number of amides is 2. The van der Waals surface area contributed by atoms with Crippen molar-refractivity contribution in [2.45, 2.75) is 6.92 Å². The molecule has 0 N–H and O–H groups in total. The molecule has 7 nitrogen and oxygen atoms in total. The number of carbonyl (C=O) groups excluding carboxylic acids is 2. The average molecular weight is 300 g/mol. The van der Waals surface area contributed by atoms with Crippen molar-refractivity contribution in [3.05, 3.63) is 36.3 Å². The van der Waals surface area contributed by atoms with E-state index in [1.54, 1.807) is 24.0 Å². The van der Waals surface area contributed by atoms with Gasteiger partial charge in [-0.05, 0) is 19.1 Å². The molecule has 2 aliphatic heterocycles. The Bertz CT molecular complexity index is 680. The van der Waals surface area contributed by atoms with Crippen LogP contribution in [0, 0.1) is 0 Å². The van der Waals surface area contributed by atoms with Gasteiger partial charge in [-0.2, -0.15) is 4.99 Å². The van der Waals surface area contributed by atoms with Gasteiger partial charge in [0.25, 0.3) is 11.8 Å². The van der Waals surface area contributed by atoms with E-state index in [0.717, 1.165) is 0 Å². The summed E-state index contributed by atoms with van der Waals surface area (Å²) in [5, 5.41) is 0. The van der Waals surface area contributed by atoms with Crippen molar-refractivity contribution < 1.29 is 14.0 Å². The molecule has 0 aromatic carbocycles. The molecule has 1 aromatic rings. The number of carbonyl (C=O) groups is 2. The van der Waals surface area contributed by atoms with Crippen LogP contribution in [0.4, 0.5) is 0 Å². The summed E-state index contributed by atoms with van der Waals surface area (Å²) in [4.78, 5) is 35.8. The summed E-state index contributed by atoms with van der Waals surface area (Å²) in [5.74, 6) is 0.264. The molecule has 0 bridgehead atoms. The summed E-state index contributed by atoms with van der Waals surface area (Å²) in [5.41, 5.74) is 0.916. The number of aliphatic imine (C=N–C) groups is 2. The first-order valence-electron chi connectivity index (χ1n) is 7.01. The maximum absolute atomic E-state index is 12.2. The van der Waals surface area contributed by atoms with E-state index >= 15 is 0 Å². The fraction of sp³-hybridized carbons (Fsp3) is 0.333.